The zero-order valence-corrected chi connectivity index (χ0v) is 18.5. The van der Waals surface area contributed by atoms with Crippen LogP contribution in [0.3, 0.4) is 0 Å². The van der Waals surface area contributed by atoms with E-state index in [-0.39, 0.29) is 18.1 Å². The third-order valence-corrected chi connectivity index (χ3v) is 5.79. The van der Waals surface area contributed by atoms with Crippen LogP contribution in [0, 0.1) is 6.92 Å². The van der Waals surface area contributed by atoms with E-state index in [0.717, 1.165) is 18.6 Å². The van der Waals surface area contributed by atoms with Gasteiger partial charge in [-0.1, -0.05) is 36.3 Å². The number of rotatable bonds is 7. The Labute approximate surface area is 191 Å². The monoisotopic (exact) mass is 443 g/mol. The summed E-state index contributed by atoms with van der Waals surface area (Å²) in [6, 6.07) is 16.6. The number of ether oxygens (including phenoxy) is 2. The van der Waals surface area contributed by atoms with Gasteiger partial charge in [-0.25, -0.2) is 9.97 Å². The minimum atomic E-state index is 0.242. The Bertz CT molecular complexity index is 1200. The van der Waals surface area contributed by atoms with Crippen LogP contribution < -0.4 is 15.2 Å². The van der Waals surface area contributed by atoms with E-state index in [1.165, 1.54) is 11.1 Å². The van der Waals surface area contributed by atoms with Crippen molar-refractivity contribution in [2.75, 3.05) is 0 Å². The Kier molecular flexibility index (Phi) is 5.75. The molecular weight excluding hydrogens is 418 g/mol. The molecule has 4 aromatic rings. The molecule has 0 saturated heterocycles. The van der Waals surface area contributed by atoms with Crippen molar-refractivity contribution in [2.45, 2.75) is 44.8 Å². The summed E-state index contributed by atoms with van der Waals surface area (Å²) in [5, 5.41) is 3.81. The molecule has 2 aromatic carbocycles. The van der Waals surface area contributed by atoms with Crippen molar-refractivity contribution in [3.63, 3.8) is 0 Å². The lowest BCUT2D eigenvalue weighted by molar-refractivity contribution is 0.101. The van der Waals surface area contributed by atoms with Gasteiger partial charge in [-0.15, -0.1) is 0 Å². The number of aromatic nitrogens is 4. The number of hydrogen-bond acceptors (Lipinski definition) is 8. The molecule has 1 atom stereocenters. The van der Waals surface area contributed by atoms with Gasteiger partial charge < -0.3 is 19.7 Å². The standard InChI is InChI=1S/C25H25N5O3/c1-15(17-3-7-20(8-4-17)31-22-11-19(26)12-22)18-5-9-21(10-6-18)32-23-13-27-24(28-14-23)25-29-16(2)33-30-25/h3-10,13-15,19,22H,11-12,26H2,1-2H3. The van der Waals surface area contributed by atoms with Gasteiger partial charge in [0.1, 0.15) is 17.6 Å². The van der Waals surface area contributed by atoms with Gasteiger partial charge in [0.05, 0.1) is 12.4 Å². The van der Waals surface area contributed by atoms with E-state index in [0.29, 0.717) is 29.0 Å². The molecule has 1 saturated carbocycles. The number of benzene rings is 2. The van der Waals surface area contributed by atoms with Crippen LogP contribution in [-0.2, 0) is 0 Å². The first kappa shape index (κ1) is 21.1. The average molecular weight is 444 g/mol. The van der Waals surface area contributed by atoms with Crippen LogP contribution in [0.4, 0.5) is 0 Å². The number of hydrogen-bond donors (Lipinski definition) is 1. The van der Waals surface area contributed by atoms with E-state index >= 15 is 0 Å². The van der Waals surface area contributed by atoms with Gasteiger partial charge in [-0.3, -0.25) is 0 Å². The highest BCUT2D eigenvalue weighted by molar-refractivity contribution is 5.43. The zero-order valence-electron chi connectivity index (χ0n) is 18.5. The van der Waals surface area contributed by atoms with Crippen molar-refractivity contribution in [3.05, 3.63) is 77.9 Å². The molecule has 2 N–H and O–H groups in total. The summed E-state index contributed by atoms with van der Waals surface area (Å²) in [7, 11) is 0. The first-order chi connectivity index (χ1) is 16.0. The second kappa shape index (κ2) is 8.99. The van der Waals surface area contributed by atoms with E-state index in [4.69, 9.17) is 19.7 Å². The maximum absolute atomic E-state index is 5.95. The molecule has 0 bridgehead atoms. The van der Waals surface area contributed by atoms with E-state index in [9.17, 15) is 0 Å². The summed E-state index contributed by atoms with van der Waals surface area (Å²) >= 11 is 0. The van der Waals surface area contributed by atoms with Crippen molar-refractivity contribution in [1.29, 1.82) is 0 Å². The molecule has 33 heavy (non-hydrogen) atoms. The van der Waals surface area contributed by atoms with Gasteiger partial charge in [0.2, 0.25) is 17.5 Å². The van der Waals surface area contributed by atoms with E-state index in [1.54, 1.807) is 19.3 Å². The maximum Gasteiger partial charge on any atom is 0.240 e. The van der Waals surface area contributed by atoms with Crippen molar-refractivity contribution in [2.24, 2.45) is 5.73 Å². The Morgan fingerprint density at radius 3 is 2.03 bits per heavy atom. The summed E-state index contributed by atoms with van der Waals surface area (Å²) in [6.07, 6.45) is 5.29. The lowest BCUT2D eigenvalue weighted by atomic mass is 9.90. The van der Waals surface area contributed by atoms with Crippen LogP contribution in [0.2, 0.25) is 0 Å². The Balaban J connectivity index is 1.20. The molecule has 8 heteroatoms. The summed E-state index contributed by atoms with van der Waals surface area (Å²) in [5.41, 5.74) is 8.25. The first-order valence-electron chi connectivity index (χ1n) is 11.0. The lowest BCUT2D eigenvalue weighted by Gasteiger charge is -2.32. The van der Waals surface area contributed by atoms with Gasteiger partial charge >= 0.3 is 0 Å². The van der Waals surface area contributed by atoms with Crippen LogP contribution in [-0.4, -0.2) is 32.3 Å². The van der Waals surface area contributed by atoms with Crippen molar-refractivity contribution in [1.82, 2.24) is 20.1 Å². The molecule has 1 aliphatic carbocycles. The third-order valence-electron chi connectivity index (χ3n) is 5.79. The minimum Gasteiger partial charge on any atom is -0.490 e. The number of nitrogens with zero attached hydrogens (tertiary/aromatic N) is 4. The average Bonchev–Trinajstić information content (AvgIpc) is 3.25. The van der Waals surface area contributed by atoms with Crippen LogP contribution in [0.25, 0.3) is 11.6 Å². The maximum atomic E-state index is 5.95. The largest absolute Gasteiger partial charge is 0.490 e. The second-order valence-corrected chi connectivity index (χ2v) is 8.31. The highest BCUT2D eigenvalue weighted by Gasteiger charge is 2.27. The predicted molar refractivity (Wildman–Crippen MR) is 122 cm³/mol. The third kappa shape index (κ3) is 4.85. The molecule has 0 amide bonds. The fourth-order valence-corrected chi connectivity index (χ4v) is 3.76. The first-order valence-corrected chi connectivity index (χ1v) is 11.0. The Morgan fingerprint density at radius 1 is 0.879 bits per heavy atom. The van der Waals surface area contributed by atoms with Crippen LogP contribution in [0.15, 0.2) is 65.4 Å². The smallest absolute Gasteiger partial charge is 0.240 e. The molecule has 0 radical (unpaired) electrons. The van der Waals surface area contributed by atoms with Crippen LogP contribution in [0.5, 0.6) is 17.2 Å². The molecule has 8 nitrogen and oxygen atoms in total. The van der Waals surface area contributed by atoms with E-state index in [1.807, 2.05) is 24.3 Å². The molecule has 1 unspecified atom stereocenters. The fourth-order valence-electron chi connectivity index (χ4n) is 3.76. The molecule has 2 heterocycles. The lowest BCUT2D eigenvalue weighted by Crippen LogP contribution is -2.43. The fraction of sp³-hybridized carbons (Fsp3) is 0.280. The summed E-state index contributed by atoms with van der Waals surface area (Å²) in [6.45, 7) is 3.90. The van der Waals surface area contributed by atoms with Crippen molar-refractivity contribution >= 4 is 0 Å². The Morgan fingerprint density at radius 2 is 1.48 bits per heavy atom. The van der Waals surface area contributed by atoms with Crippen LogP contribution >= 0.6 is 0 Å². The number of aryl methyl sites for hydroxylation is 1. The molecule has 0 spiro atoms. The van der Waals surface area contributed by atoms with Gasteiger partial charge in [-0.2, -0.15) is 4.98 Å². The summed E-state index contributed by atoms with van der Waals surface area (Å²) < 4.78 is 16.8. The summed E-state index contributed by atoms with van der Waals surface area (Å²) in [5.74, 6) is 3.58. The second-order valence-electron chi connectivity index (χ2n) is 8.31. The normalized spacial score (nSPS) is 18.4. The molecule has 2 aromatic heterocycles. The topological polar surface area (TPSA) is 109 Å². The van der Waals surface area contributed by atoms with Gasteiger partial charge in [-0.05, 0) is 48.2 Å². The number of nitrogens with two attached hydrogens (primary N) is 1. The molecule has 5 rings (SSSR count). The molecule has 1 fully saturated rings. The molecule has 1 aliphatic rings. The predicted octanol–water partition coefficient (Wildman–Crippen LogP) is 4.65. The SMILES string of the molecule is Cc1nc(-c2ncc(Oc3ccc(C(C)c4ccc(OC5CC(N)C5)cc4)cc3)cn2)no1. The van der Waals surface area contributed by atoms with Gasteiger partial charge in [0.25, 0.3) is 0 Å². The van der Waals surface area contributed by atoms with Gasteiger partial charge in [0, 0.05) is 18.9 Å². The van der Waals surface area contributed by atoms with E-state index in [2.05, 4.69) is 51.3 Å². The zero-order chi connectivity index (χ0) is 22.8. The Hall–Kier alpha value is -3.78. The van der Waals surface area contributed by atoms with Crippen molar-refractivity contribution in [3.8, 4) is 28.9 Å². The highest BCUT2D eigenvalue weighted by atomic mass is 16.5. The van der Waals surface area contributed by atoms with Crippen molar-refractivity contribution < 1.29 is 14.0 Å². The molecular formula is C25H25N5O3. The van der Waals surface area contributed by atoms with Crippen LogP contribution in [0.1, 0.15) is 42.7 Å². The van der Waals surface area contributed by atoms with E-state index < -0.39 is 0 Å². The van der Waals surface area contributed by atoms with Gasteiger partial charge in [0.15, 0.2) is 5.75 Å². The molecule has 168 valence electrons. The molecule has 0 aliphatic heterocycles. The highest BCUT2D eigenvalue weighted by Crippen LogP contribution is 2.30. The summed E-state index contributed by atoms with van der Waals surface area (Å²) in [4.78, 5) is 12.6. The minimum absolute atomic E-state index is 0.242. The quantitative estimate of drug-likeness (QED) is 0.440.